The smallest absolute Gasteiger partial charge is 0.0995 e. The van der Waals surface area contributed by atoms with Crippen LogP contribution in [0.5, 0.6) is 0 Å². The van der Waals surface area contributed by atoms with Crippen molar-refractivity contribution in [2.24, 2.45) is 18.7 Å². The summed E-state index contributed by atoms with van der Waals surface area (Å²) in [5.41, 5.74) is 9.39. The molecule has 2 aromatic heterocycles. The third kappa shape index (κ3) is 2.17. The fourth-order valence-corrected chi connectivity index (χ4v) is 2.65. The molecule has 102 valence electrons. The molecule has 0 saturated carbocycles. The van der Waals surface area contributed by atoms with Crippen molar-refractivity contribution in [3.63, 3.8) is 0 Å². The molecular formula is C13H19N5O. The molecule has 1 aliphatic rings. The van der Waals surface area contributed by atoms with Gasteiger partial charge >= 0.3 is 0 Å². The molecule has 6 heteroatoms. The van der Waals surface area contributed by atoms with Crippen molar-refractivity contribution in [3.8, 4) is 5.69 Å². The molecule has 0 aliphatic carbocycles. The van der Waals surface area contributed by atoms with Crippen LogP contribution in [0.3, 0.4) is 0 Å². The minimum atomic E-state index is -0.0513. The Morgan fingerprint density at radius 2 is 2.37 bits per heavy atom. The van der Waals surface area contributed by atoms with Crippen LogP contribution in [0.25, 0.3) is 5.69 Å². The van der Waals surface area contributed by atoms with Crippen molar-refractivity contribution >= 4 is 0 Å². The zero-order chi connectivity index (χ0) is 13.4. The molecule has 0 bridgehead atoms. The molecule has 0 amide bonds. The number of aryl methyl sites for hydroxylation is 2. The topological polar surface area (TPSA) is 70.9 Å². The van der Waals surface area contributed by atoms with Crippen LogP contribution >= 0.6 is 0 Å². The summed E-state index contributed by atoms with van der Waals surface area (Å²) in [4.78, 5) is 4.25. The summed E-state index contributed by atoms with van der Waals surface area (Å²) < 4.78 is 9.26. The maximum atomic E-state index is 6.37. The first-order valence-corrected chi connectivity index (χ1v) is 6.53. The molecule has 0 aromatic carbocycles. The van der Waals surface area contributed by atoms with E-state index in [1.165, 1.54) is 0 Å². The van der Waals surface area contributed by atoms with Crippen molar-refractivity contribution in [1.29, 1.82) is 0 Å². The molecule has 2 aromatic rings. The van der Waals surface area contributed by atoms with E-state index in [1.807, 2.05) is 30.9 Å². The molecule has 1 fully saturated rings. The van der Waals surface area contributed by atoms with Gasteiger partial charge in [0, 0.05) is 25.8 Å². The monoisotopic (exact) mass is 261 g/mol. The summed E-state index contributed by atoms with van der Waals surface area (Å²) in [6.45, 7) is 3.53. The van der Waals surface area contributed by atoms with E-state index >= 15 is 0 Å². The summed E-state index contributed by atoms with van der Waals surface area (Å²) in [6.07, 6.45) is 6.64. The van der Waals surface area contributed by atoms with Crippen LogP contribution in [0, 0.1) is 12.8 Å². The zero-order valence-electron chi connectivity index (χ0n) is 11.3. The van der Waals surface area contributed by atoms with E-state index in [-0.39, 0.29) is 6.04 Å². The van der Waals surface area contributed by atoms with Gasteiger partial charge in [-0.05, 0) is 13.3 Å². The van der Waals surface area contributed by atoms with Gasteiger partial charge in [0.2, 0.25) is 0 Å². The van der Waals surface area contributed by atoms with Gasteiger partial charge in [-0.1, -0.05) is 0 Å². The Labute approximate surface area is 112 Å². The summed E-state index contributed by atoms with van der Waals surface area (Å²) >= 11 is 0. The Balaban J connectivity index is 1.95. The number of nitrogens with zero attached hydrogens (tertiary/aromatic N) is 4. The summed E-state index contributed by atoms with van der Waals surface area (Å²) in [5, 5.41) is 4.37. The molecule has 2 N–H and O–H groups in total. The molecule has 3 rings (SSSR count). The van der Waals surface area contributed by atoms with Gasteiger partial charge in [-0.15, -0.1) is 0 Å². The van der Waals surface area contributed by atoms with Gasteiger partial charge in [-0.3, -0.25) is 9.25 Å². The lowest BCUT2D eigenvalue weighted by atomic mass is 9.97. The first-order chi connectivity index (χ1) is 9.16. The predicted molar refractivity (Wildman–Crippen MR) is 70.9 cm³/mol. The van der Waals surface area contributed by atoms with Crippen LogP contribution in [0.15, 0.2) is 18.7 Å². The first kappa shape index (κ1) is 12.4. The van der Waals surface area contributed by atoms with E-state index < -0.39 is 0 Å². The number of ether oxygens (including phenoxy) is 1. The summed E-state index contributed by atoms with van der Waals surface area (Å²) in [6, 6.07) is -0.0513. The average molecular weight is 261 g/mol. The molecule has 3 heterocycles. The number of hydrogen-bond donors (Lipinski definition) is 1. The highest BCUT2D eigenvalue weighted by molar-refractivity contribution is 5.36. The summed E-state index contributed by atoms with van der Waals surface area (Å²) in [5.74, 6) is 0.368. The lowest BCUT2D eigenvalue weighted by Crippen LogP contribution is -2.24. The van der Waals surface area contributed by atoms with E-state index in [1.54, 1.807) is 11.0 Å². The van der Waals surface area contributed by atoms with Crippen molar-refractivity contribution in [3.05, 3.63) is 30.1 Å². The second-order valence-corrected chi connectivity index (χ2v) is 5.11. The molecule has 6 nitrogen and oxygen atoms in total. The van der Waals surface area contributed by atoms with Crippen molar-refractivity contribution < 1.29 is 4.74 Å². The first-order valence-electron chi connectivity index (χ1n) is 6.53. The largest absolute Gasteiger partial charge is 0.381 e. The van der Waals surface area contributed by atoms with E-state index in [9.17, 15) is 0 Å². The van der Waals surface area contributed by atoms with Gasteiger partial charge in [-0.2, -0.15) is 5.10 Å². The Hall–Kier alpha value is -1.66. The Morgan fingerprint density at radius 3 is 3.00 bits per heavy atom. The lowest BCUT2D eigenvalue weighted by Gasteiger charge is -2.19. The van der Waals surface area contributed by atoms with Gasteiger partial charge in [0.1, 0.15) is 0 Å². The van der Waals surface area contributed by atoms with E-state index in [0.717, 1.165) is 36.7 Å². The lowest BCUT2D eigenvalue weighted by molar-refractivity contribution is 0.180. The SMILES string of the molecule is Cc1nn(C)cc1-n1cncc1C(N)C1CCOC1. The van der Waals surface area contributed by atoms with Crippen molar-refractivity contribution in [2.75, 3.05) is 13.2 Å². The fraction of sp³-hybridized carbons (Fsp3) is 0.538. The molecule has 0 radical (unpaired) electrons. The quantitative estimate of drug-likeness (QED) is 0.893. The molecule has 0 spiro atoms. The maximum Gasteiger partial charge on any atom is 0.0995 e. The minimum absolute atomic E-state index is 0.0513. The van der Waals surface area contributed by atoms with Crippen molar-refractivity contribution in [1.82, 2.24) is 19.3 Å². The van der Waals surface area contributed by atoms with Gasteiger partial charge in [0.05, 0.1) is 42.2 Å². The molecule has 2 unspecified atom stereocenters. The number of hydrogen-bond acceptors (Lipinski definition) is 4. The second-order valence-electron chi connectivity index (χ2n) is 5.11. The van der Waals surface area contributed by atoms with E-state index in [0.29, 0.717) is 5.92 Å². The van der Waals surface area contributed by atoms with Gasteiger partial charge in [0.25, 0.3) is 0 Å². The Morgan fingerprint density at radius 1 is 1.53 bits per heavy atom. The van der Waals surface area contributed by atoms with Crippen LogP contribution in [-0.2, 0) is 11.8 Å². The Bertz CT molecular complexity index is 567. The second kappa shape index (κ2) is 4.79. The molecule has 2 atom stereocenters. The number of rotatable bonds is 3. The highest BCUT2D eigenvalue weighted by Crippen LogP contribution is 2.28. The van der Waals surface area contributed by atoms with Crippen LogP contribution in [0.2, 0.25) is 0 Å². The van der Waals surface area contributed by atoms with Gasteiger partial charge in [0.15, 0.2) is 0 Å². The average Bonchev–Trinajstić information content (AvgIpc) is 3.08. The normalized spacial score (nSPS) is 20.9. The predicted octanol–water partition coefficient (Wildman–Crippen LogP) is 0.951. The highest BCUT2D eigenvalue weighted by Gasteiger charge is 2.27. The third-order valence-electron chi connectivity index (χ3n) is 3.73. The van der Waals surface area contributed by atoms with Crippen molar-refractivity contribution in [2.45, 2.75) is 19.4 Å². The Kier molecular flexibility index (Phi) is 3.12. The molecular weight excluding hydrogens is 242 g/mol. The van der Waals surface area contributed by atoms with Gasteiger partial charge in [-0.25, -0.2) is 4.98 Å². The molecule has 1 saturated heterocycles. The summed E-state index contributed by atoms with van der Waals surface area (Å²) in [7, 11) is 1.91. The zero-order valence-corrected chi connectivity index (χ0v) is 11.3. The maximum absolute atomic E-state index is 6.37. The highest BCUT2D eigenvalue weighted by atomic mass is 16.5. The van der Waals surface area contributed by atoms with Crippen LogP contribution in [0.1, 0.15) is 23.9 Å². The number of imidazole rings is 1. The van der Waals surface area contributed by atoms with Gasteiger partial charge < -0.3 is 10.5 Å². The van der Waals surface area contributed by atoms with E-state index in [2.05, 4.69) is 10.1 Å². The molecule has 1 aliphatic heterocycles. The van der Waals surface area contributed by atoms with E-state index in [4.69, 9.17) is 10.5 Å². The standard InChI is InChI=1S/C13H19N5O/c1-9-12(6-17(2)16-9)18-8-15-5-11(18)13(14)10-3-4-19-7-10/h5-6,8,10,13H,3-4,7,14H2,1-2H3. The third-order valence-corrected chi connectivity index (χ3v) is 3.73. The van der Waals surface area contributed by atoms with Crippen LogP contribution in [0.4, 0.5) is 0 Å². The number of aromatic nitrogens is 4. The molecule has 19 heavy (non-hydrogen) atoms. The van der Waals surface area contributed by atoms with Crippen LogP contribution < -0.4 is 5.73 Å². The fourth-order valence-electron chi connectivity index (χ4n) is 2.65. The van der Waals surface area contributed by atoms with Crippen LogP contribution in [-0.4, -0.2) is 32.5 Å². The minimum Gasteiger partial charge on any atom is -0.381 e. The number of nitrogens with two attached hydrogens (primary N) is 1.